The molecule has 0 radical (unpaired) electrons. The zero-order chi connectivity index (χ0) is 21.7. The van der Waals surface area contributed by atoms with Crippen molar-refractivity contribution in [1.29, 1.82) is 0 Å². The van der Waals surface area contributed by atoms with Gasteiger partial charge in [-0.3, -0.25) is 4.79 Å². The van der Waals surface area contributed by atoms with Crippen LogP contribution in [0.3, 0.4) is 0 Å². The minimum Gasteiger partial charge on any atom is -0.462 e. The van der Waals surface area contributed by atoms with E-state index in [9.17, 15) is 9.59 Å². The van der Waals surface area contributed by atoms with Crippen LogP contribution in [0.4, 0.5) is 5.69 Å². The first-order chi connectivity index (χ1) is 14.4. The lowest BCUT2D eigenvalue weighted by Gasteiger charge is -2.09. The maximum atomic E-state index is 12.4. The molecule has 0 saturated heterocycles. The predicted molar refractivity (Wildman–Crippen MR) is 121 cm³/mol. The van der Waals surface area contributed by atoms with Crippen LogP contribution in [0.5, 0.6) is 0 Å². The number of fused-ring (bicyclic) bond motifs is 1. The molecule has 3 rings (SSSR count). The number of aryl methyl sites for hydroxylation is 1. The van der Waals surface area contributed by atoms with Crippen molar-refractivity contribution in [2.24, 2.45) is 0 Å². The van der Waals surface area contributed by atoms with Gasteiger partial charge in [0.15, 0.2) is 5.16 Å². The molecule has 1 amide bonds. The Balaban J connectivity index is 1.70. The zero-order valence-electron chi connectivity index (χ0n) is 17.8. The highest BCUT2D eigenvalue weighted by atomic mass is 32.2. The molecule has 0 aliphatic rings. The fourth-order valence-corrected chi connectivity index (χ4v) is 4.02. The van der Waals surface area contributed by atoms with Gasteiger partial charge in [-0.15, -0.1) is 0 Å². The number of nitrogens with one attached hydrogen (secondary N) is 1. The van der Waals surface area contributed by atoms with Crippen LogP contribution in [0.1, 0.15) is 49.5 Å². The van der Waals surface area contributed by atoms with Crippen molar-refractivity contribution in [3.63, 3.8) is 0 Å². The largest absolute Gasteiger partial charge is 0.462 e. The topological polar surface area (TPSA) is 73.2 Å². The number of thioether (sulfide) groups is 1. The molecule has 0 fully saturated rings. The normalized spacial score (nSPS) is 11.1. The molecular weight excluding hydrogens is 398 g/mol. The zero-order valence-corrected chi connectivity index (χ0v) is 18.6. The van der Waals surface area contributed by atoms with E-state index in [0.717, 1.165) is 28.4 Å². The minimum absolute atomic E-state index is 0.0841. The van der Waals surface area contributed by atoms with E-state index in [4.69, 9.17) is 4.74 Å². The van der Waals surface area contributed by atoms with E-state index >= 15 is 0 Å². The average molecular weight is 426 g/mol. The summed E-state index contributed by atoms with van der Waals surface area (Å²) in [7, 11) is 0. The van der Waals surface area contributed by atoms with Gasteiger partial charge in [0, 0.05) is 12.2 Å². The summed E-state index contributed by atoms with van der Waals surface area (Å²) in [4.78, 5) is 29.0. The van der Waals surface area contributed by atoms with Crippen molar-refractivity contribution in [3.05, 3.63) is 53.6 Å². The number of carbonyl (C=O) groups excluding carboxylic acids is 2. The summed E-state index contributed by atoms with van der Waals surface area (Å²) in [6, 6.07) is 13.3. The van der Waals surface area contributed by atoms with Crippen LogP contribution < -0.4 is 5.32 Å². The first-order valence-electron chi connectivity index (χ1n) is 10.1. The quantitative estimate of drug-likeness (QED) is 0.402. The maximum Gasteiger partial charge on any atom is 0.338 e. The van der Waals surface area contributed by atoms with Gasteiger partial charge in [-0.2, -0.15) is 0 Å². The molecule has 6 nitrogen and oxygen atoms in total. The summed E-state index contributed by atoms with van der Waals surface area (Å²) in [5.74, 6) is 0.262. The number of anilines is 1. The van der Waals surface area contributed by atoms with Gasteiger partial charge in [-0.05, 0) is 55.7 Å². The number of amides is 1. The van der Waals surface area contributed by atoms with Gasteiger partial charge >= 0.3 is 5.97 Å². The Morgan fingerprint density at radius 2 is 1.87 bits per heavy atom. The number of imidazole rings is 1. The number of hydrogen-bond acceptors (Lipinski definition) is 5. The van der Waals surface area contributed by atoms with Crippen molar-refractivity contribution in [2.45, 2.75) is 45.3 Å². The number of benzene rings is 2. The highest BCUT2D eigenvalue weighted by molar-refractivity contribution is 7.99. The second kappa shape index (κ2) is 9.80. The Kier molecular flexibility index (Phi) is 7.15. The first kappa shape index (κ1) is 21.9. The van der Waals surface area contributed by atoms with Gasteiger partial charge in [0.2, 0.25) is 5.91 Å². The number of esters is 1. The third-order valence-electron chi connectivity index (χ3n) is 4.73. The summed E-state index contributed by atoms with van der Waals surface area (Å²) in [5.41, 5.74) is 4.14. The molecule has 7 heteroatoms. The molecule has 30 heavy (non-hydrogen) atoms. The van der Waals surface area contributed by atoms with Crippen molar-refractivity contribution in [3.8, 4) is 0 Å². The van der Waals surface area contributed by atoms with Gasteiger partial charge in [0.25, 0.3) is 0 Å². The molecule has 0 aliphatic carbocycles. The number of carbonyl (C=O) groups is 2. The van der Waals surface area contributed by atoms with E-state index in [1.54, 1.807) is 19.1 Å². The number of hydrogen-bond donors (Lipinski definition) is 1. The lowest BCUT2D eigenvalue weighted by molar-refractivity contribution is -0.113. The number of nitrogens with zero attached hydrogens (tertiary/aromatic N) is 2. The summed E-state index contributed by atoms with van der Waals surface area (Å²) in [6.45, 7) is 9.13. The lowest BCUT2D eigenvalue weighted by atomic mass is 10.0. The molecular formula is C23H27N3O3S. The highest BCUT2D eigenvalue weighted by Gasteiger charge is 2.15. The maximum absolute atomic E-state index is 12.4. The molecule has 1 N–H and O–H groups in total. The molecule has 0 bridgehead atoms. The molecule has 158 valence electrons. The van der Waals surface area contributed by atoms with Gasteiger partial charge in [-0.25, -0.2) is 9.78 Å². The molecule has 1 heterocycles. The van der Waals surface area contributed by atoms with E-state index in [-0.39, 0.29) is 17.6 Å². The highest BCUT2D eigenvalue weighted by Crippen LogP contribution is 2.25. The summed E-state index contributed by atoms with van der Waals surface area (Å²) in [6.07, 6.45) is 0. The summed E-state index contributed by atoms with van der Waals surface area (Å²) in [5, 5.41) is 3.68. The molecule has 1 aromatic heterocycles. The number of ether oxygens (including phenoxy) is 1. The van der Waals surface area contributed by atoms with Crippen LogP contribution >= 0.6 is 11.8 Å². The van der Waals surface area contributed by atoms with Crippen molar-refractivity contribution in [1.82, 2.24) is 9.55 Å². The van der Waals surface area contributed by atoms with E-state index < -0.39 is 0 Å². The summed E-state index contributed by atoms with van der Waals surface area (Å²) < 4.78 is 7.11. The molecule has 2 aromatic carbocycles. The molecule has 0 unspecified atom stereocenters. The van der Waals surface area contributed by atoms with Crippen LogP contribution in [-0.4, -0.2) is 33.8 Å². The minimum atomic E-state index is -0.359. The Morgan fingerprint density at radius 3 is 2.50 bits per heavy atom. The summed E-state index contributed by atoms with van der Waals surface area (Å²) >= 11 is 1.38. The lowest BCUT2D eigenvalue weighted by Crippen LogP contribution is -2.14. The standard InChI is InChI=1S/C23H27N3O3S/c1-5-26-20-12-9-17(22(28)29-6-2)13-19(20)25-23(26)30-14-21(27)24-18-10-7-16(8-11-18)15(3)4/h7-13,15H,5-6,14H2,1-4H3,(H,24,27). The fraction of sp³-hybridized carbons (Fsp3) is 0.348. The van der Waals surface area contributed by atoms with E-state index in [2.05, 4.69) is 24.1 Å². The molecule has 0 spiro atoms. The fourth-order valence-electron chi connectivity index (χ4n) is 3.14. The average Bonchev–Trinajstić information content (AvgIpc) is 3.09. The third kappa shape index (κ3) is 5.02. The Hall–Kier alpha value is -2.80. The van der Waals surface area contributed by atoms with Gasteiger partial charge in [-0.1, -0.05) is 37.7 Å². The second-order valence-electron chi connectivity index (χ2n) is 7.18. The van der Waals surface area contributed by atoms with E-state index in [1.165, 1.54) is 17.3 Å². The molecule has 3 aromatic rings. The number of rotatable bonds is 8. The first-order valence-corrected chi connectivity index (χ1v) is 11.1. The van der Waals surface area contributed by atoms with Crippen LogP contribution in [0.2, 0.25) is 0 Å². The van der Waals surface area contributed by atoms with Crippen molar-refractivity contribution >= 4 is 40.4 Å². The van der Waals surface area contributed by atoms with E-state index in [1.807, 2.05) is 41.8 Å². The van der Waals surface area contributed by atoms with Crippen LogP contribution in [0.15, 0.2) is 47.6 Å². The SMILES string of the molecule is CCOC(=O)c1ccc2c(c1)nc(SCC(=O)Nc1ccc(C(C)C)cc1)n2CC. The Labute approximate surface area is 181 Å². The van der Waals surface area contributed by atoms with Crippen LogP contribution in [0, 0.1) is 0 Å². The number of aromatic nitrogens is 2. The second-order valence-corrected chi connectivity index (χ2v) is 8.12. The van der Waals surface area contributed by atoms with Crippen molar-refractivity contribution in [2.75, 3.05) is 17.7 Å². The van der Waals surface area contributed by atoms with E-state index in [0.29, 0.717) is 18.1 Å². The van der Waals surface area contributed by atoms with Crippen molar-refractivity contribution < 1.29 is 14.3 Å². The monoisotopic (exact) mass is 425 g/mol. The Morgan fingerprint density at radius 1 is 1.13 bits per heavy atom. The van der Waals surface area contributed by atoms with Crippen LogP contribution in [0.25, 0.3) is 11.0 Å². The predicted octanol–water partition coefficient (Wildman–Crippen LogP) is 5.09. The third-order valence-corrected chi connectivity index (χ3v) is 5.71. The molecule has 0 saturated carbocycles. The smallest absolute Gasteiger partial charge is 0.338 e. The molecule has 0 atom stereocenters. The van der Waals surface area contributed by atoms with Gasteiger partial charge in [0.05, 0.1) is 29.0 Å². The van der Waals surface area contributed by atoms with Crippen LogP contribution in [-0.2, 0) is 16.1 Å². The Bertz CT molecular complexity index is 1040. The van der Waals surface area contributed by atoms with Gasteiger partial charge in [0.1, 0.15) is 0 Å². The van der Waals surface area contributed by atoms with Gasteiger partial charge < -0.3 is 14.6 Å². The molecule has 0 aliphatic heterocycles.